The fourth-order valence-electron chi connectivity index (χ4n) is 3.90. The van der Waals surface area contributed by atoms with Gasteiger partial charge in [0.1, 0.15) is 0 Å². The van der Waals surface area contributed by atoms with E-state index < -0.39 is 10.1 Å². The molecule has 8 heteroatoms. The second-order valence-corrected chi connectivity index (χ2v) is 8.52. The molecule has 0 aliphatic carbocycles. The number of methoxy groups -OCH3 is 1. The Kier molecular flexibility index (Phi) is 3.67. The molecular weight excluding hydrogens is 382 g/mol. The topological polar surface area (TPSA) is 80.3 Å². The summed E-state index contributed by atoms with van der Waals surface area (Å²) in [5.41, 5.74) is 6.50. The van der Waals surface area contributed by atoms with Crippen LogP contribution in [0.15, 0.2) is 39.6 Å². The normalized spacial score (nSPS) is 15.5. The predicted molar refractivity (Wildman–Crippen MR) is 103 cm³/mol. The molecule has 0 fully saturated rings. The molecule has 2 aliphatic heterocycles. The van der Waals surface area contributed by atoms with Crippen molar-refractivity contribution in [3.05, 3.63) is 53.0 Å². The molecule has 0 saturated carbocycles. The highest BCUT2D eigenvalue weighted by Crippen LogP contribution is 2.43. The van der Waals surface area contributed by atoms with Crippen molar-refractivity contribution in [2.45, 2.75) is 13.0 Å². The van der Waals surface area contributed by atoms with E-state index in [0.29, 0.717) is 17.9 Å². The number of benzene rings is 2. The molecule has 5 rings (SSSR count). The first-order chi connectivity index (χ1) is 13.4. The van der Waals surface area contributed by atoms with Gasteiger partial charge < -0.3 is 13.8 Å². The van der Waals surface area contributed by atoms with Gasteiger partial charge in [-0.25, -0.2) is 0 Å². The van der Waals surface area contributed by atoms with Gasteiger partial charge in [-0.05, 0) is 29.7 Å². The van der Waals surface area contributed by atoms with Crippen LogP contribution in [0.2, 0.25) is 0 Å². The van der Waals surface area contributed by atoms with E-state index in [0.717, 1.165) is 47.2 Å². The molecule has 28 heavy (non-hydrogen) atoms. The average molecular weight is 400 g/mol. The zero-order chi connectivity index (χ0) is 19.5. The van der Waals surface area contributed by atoms with Crippen LogP contribution in [0, 0.1) is 0 Å². The molecule has 0 N–H and O–H groups in total. The third-order valence-corrected chi connectivity index (χ3v) is 5.61. The summed E-state index contributed by atoms with van der Waals surface area (Å²) in [4.78, 5) is 2.21. The van der Waals surface area contributed by atoms with Gasteiger partial charge in [-0.1, -0.05) is 6.07 Å². The Morgan fingerprint density at radius 2 is 2.11 bits per heavy atom. The Bertz CT molecular complexity index is 1240. The monoisotopic (exact) mass is 400 g/mol. The minimum Gasteiger partial charge on any atom is -0.493 e. The number of rotatable bonds is 3. The quantitative estimate of drug-likeness (QED) is 0.491. The summed E-state index contributed by atoms with van der Waals surface area (Å²) in [7, 11) is -2.18. The Morgan fingerprint density at radius 1 is 1.25 bits per heavy atom. The molecule has 0 bridgehead atoms. The fourth-order valence-corrected chi connectivity index (χ4v) is 4.39. The molecular formula is C20H18NO6S+. The van der Waals surface area contributed by atoms with Gasteiger partial charge in [-0.2, -0.15) is 8.42 Å². The number of nitrogens with zero attached hydrogens (tertiary/aromatic N) is 1. The highest BCUT2D eigenvalue weighted by Gasteiger charge is 2.31. The van der Waals surface area contributed by atoms with Gasteiger partial charge >= 0.3 is 27.7 Å². The maximum Gasteiger partial charge on any atom is 0.485 e. The highest BCUT2D eigenvalue weighted by molar-refractivity contribution is 7.86. The molecule has 3 aromatic rings. The highest BCUT2D eigenvalue weighted by atomic mass is 32.2. The van der Waals surface area contributed by atoms with Crippen LogP contribution >= 0.6 is 0 Å². The SMILES string of the molecule is COc1ccc2c(c1OS(C)(=O)=O)CN1CCc3cc4oc[o+]c4cc3C1=C2. The first-order valence-corrected chi connectivity index (χ1v) is 10.6. The fraction of sp³-hybridized carbons (Fsp3) is 0.250. The zero-order valence-corrected chi connectivity index (χ0v) is 16.2. The van der Waals surface area contributed by atoms with Crippen LogP contribution in [-0.4, -0.2) is 33.2 Å². The molecule has 2 aliphatic rings. The van der Waals surface area contributed by atoms with Crippen molar-refractivity contribution in [3.63, 3.8) is 0 Å². The maximum absolute atomic E-state index is 11.8. The molecule has 0 unspecified atom stereocenters. The zero-order valence-electron chi connectivity index (χ0n) is 15.4. The Balaban J connectivity index is 1.68. The van der Waals surface area contributed by atoms with Crippen molar-refractivity contribution >= 4 is 33.1 Å². The van der Waals surface area contributed by atoms with Crippen molar-refractivity contribution in [1.82, 2.24) is 4.90 Å². The lowest BCUT2D eigenvalue weighted by molar-refractivity contribution is 0.363. The second kappa shape index (κ2) is 6.00. The van der Waals surface area contributed by atoms with E-state index in [4.69, 9.17) is 17.8 Å². The van der Waals surface area contributed by atoms with Crippen LogP contribution in [0.3, 0.4) is 0 Å². The number of fused-ring (bicyclic) bond motifs is 5. The lowest BCUT2D eigenvalue weighted by Gasteiger charge is -2.37. The third kappa shape index (κ3) is 2.72. The van der Waals surface area contributed by atoms with Crippen LogP contribution in [0.4, 0.5) is 0 Å². The van der Waals surface area contributed by atoms with Gasteiger partial charge in [0, 0.05) is 42.0 Å². The molecule has 2 aromatic carbocycles. The lowest BCUT2D eigenvalue weighted by atomic mass is 9.90. The molecule has 1 aromatic heterocycles. The van der Waals surface area contributed by atoms with Crippen molar-refractivity contribution in [1.29, 1.82) is 0 Å². The molecule has 0 radical (unpaired) electrons. The maximum atomic E-state index is 11.8. The summed E-state index contributed by atoms with van der Waals surface area (Å²) in [5, 5.41) is 0. The molecule has 0 saturated heterocycles. The predicted octanol–water partition coefficient (Wildman–Crippen LogP) is 3.52. The number of hydrogen-bond acceptors (Lipinski definition) is 6. The summed E-state index contributed by atoms with van der Waals surface area (Å²) in [6.45, 7) is 2.67. The summed E-state index contributed by atoms with van der Waals surface area (Å²) in [6, 6.07) is 7.66. The van der Waals surface area contributed by atoms with Gasteiger partial charge in [0.05, 0.1) is 13.4 Å². The molecule has 0 atom stereocenters. The van der Waals surface area contributed by atoms with Crippen LogP contribution in [-0.2, 0) is 23.1 Å². The van der Waals surface area contributed by atoms with E-state index in [1.165, 1.54) is 19.1 Å². The summed E-state index contributed by atoms with van der Waals surface area (Å²) >= 11 is 0. The average Bonchev–Trinajstić information content (AvgIpc) is 3.11. The standard InChI is InChI=1S/C20H18NO6S/c1-24-17-4-3-12-7-16-14-9-19-18(25-11-26-19)8-13(14)5-6-21(16)10-15(12)20(17)27-28(2,22)23/h3-4,7-9,11H,5-6,10H2,1-2H3/q+1. The first-order valence-electron chi connectivity index (χ1n) is 8.81. The van der Waals surface area contributed by atoms with Gasteiger partial charge in [-0.3, -0.25) is 8.83 Å². The van der Waals surface area contributed by atoms with E-state index in [-0.39, 0.29) is 5.75 Å². The summed E-state index contributed by atoms with van der Waals surface area (Å²) in [6.07, 6.45) is 3.94. The minimum atomic E-state index is -3.68. The van der Waals surface area contributed by atoms with Crippen LogP contribution in [0.5, 0.6) is 11.5 Å². The van der Waals surface area contributed by atoms with E-state index in [9.17, 15) is 8.42 Å². The first kappa shape index (κ1) is 17.1. The van der Waals surface area contributed by atoms with Gasteiger partial charge in [-0.15, -0.1) is 0 Å². The van der Waals surface area contributed by atoms with Crippen LogP contribution < -0.4 is 8.92 Å². The molecule has 0 amide bonds. The van der Waals surface area contributed by atoms with Crippen molar-refractivity contribution in [3.8, 4) is 11.5 Å². The smallest absolute Gasteiger partial charge is 0.485 e. The second-order valence-electron chi connectivity index (χ2n) is 6.94. The van der Waals surface area contributed by atoms with Crippen molar-refractivity contribution in [2.24, 2.45) is 0 Å². The van der Waals surface area contributed by atoms with Crippen molar-refractivity contribution in [2.75, 3.05) is 19.9 Å². The number of hydrogen-bond donors (Lipinski definition) is 0. The van der Waals surface area contributed by atoms with Gasteiger partial charge in [0.2, 0.25) is 0 Å². The van der Waals surface area contributed by atoms with Gasteiger partial charge in [0.15, 0.2) is 11.5 Å². The van der Waals surface area contributed by atoms with Gasteiger partial charge in [0.25, 0.3) is 0 Å². The number of ether oxygens (including phenoxy) is 1. The minimum absolute atomic E-state index is 0.254. The molecule has 0 spiro atoms. The molecule has 7 nitrogen and oxygen atoms in total. The van der Waals surface area contributed by atoms with E-state index in [2.05, 4.69) is 11.0 Å². The molecule has 3 heterocycles. The Morgan fingerprint density at radius 3 is 2.89 bits per heavy atom. The Hall–Kier alpha value is -3.00. The largest absolute Gasteiger partial charge is 0.493 e. The van der Waals surface area contributed by atoms with Crippen LogP contribution in [0.25, 0.3) is 22.9 Å². The van der Waals surface area contributed by atoms with Crippen LogP contribution in [0.1, 0.15) is 22.3 Å². The van der Waals surface area contributed by atoms with Crippen molar-refractivity contribution < 1.29 is 26.2 Å². The van der Waals surface area contributed by atoms with E-state index >= 15 is 0 Å². The van der Waals surface area contributed by atoms with E-state index in [1.807, 2.05) is 18.2 Å². The summed E-state index contributed by atoms with van der Waals surface area (Å²) in [5.74, 6) is 0.654. The molecule has 144 valence electrons. The third-order valence-electron chi connectivity index (χ3n) is 5.14. The van der Waals surface area contributed by atoms with E-state index in [1.54, 1.807) is 6.07 Å². The Labute approximate surface area is 161 Å². The summed E-state index contributed by atoms with van der Waals surface area (Å²) < 4.78 is 45.0. The lowest BCUT2D eigenvalue weighted by Crippen LogP contribution is -2.31.